The van der Waals surface area contributed by atoms with Crippen LogP contribution in [0.1, 0.15) is 15.9 Å². The molecule has 3 aromatic rings. The molecule has 1 heterocycles. The van der Waals surface area contributed by atoms with Crippen molar-refractivity contribution in [1.82, 2.24) is 4.98 Å². The van der Waals surface area contributed by atoms with E-state index in [4.69, 9.17) is 4.74 Å². The fourth-order valence-corrected chi connectivity index (χ4v) is 2.09. The zero-order chi connectivity index (χ0) is 16.9. The monoisotopic (exact) mass is 320 g/mol. The summed E-state index contributed by atoms with van der Waals surface area (Å²) in [7, 11) is 0. The predicted molar refractivity (Wildman–Crippen MR) is 87.3 cm³/mol. The molecule has 0 aliphatic rings. The molecular formula is C18H12N2O4. The lowest BCUT2D eigenvalue weighted by atomic mass is 10.0. The fraction of sp³-hybridized carbons (Fsp3) is 0. The van der Waals surface area contributed by atoms with Gasteiger partial charge in [-0.2, -0.15) is 0 Å². The van der Waals surface area contributed by atoms with Gasteiger partial charge in [0, 0.05) is 23.3 Å². The highest BCUT2D eigenvalue weighted by Crippen LogP contribution is 2.22. The molecule has 0 radical (unpaired) electrons. The molecule has 118 valence electrons. The van der Waals surface area contributed by atoms with Crippen molar-refractivity contribution >= 4 is 11.5 Å². The van der Waals surface area contributed by atoms with Crippen LogP contribution in [0.2, 0.25) is 0 Å². The van der Waals surface area contributed by atoms with Gasteiger partial charge in [0.15, 0.2) is 5.78 Å². The van der Waals surface area contributed by atoms with Crippen molar-refractivity contribution in [1.29, 1.82) is 0 Å². The van der Waals surface area contributed by atoms with Crippen LogP contribution in [-0.4, -0.2) is 15.7 Å². The molecule has 6 heteroatoms. The molecule has 0 aliphatic heterocycles. The fourth-order valence-electron chi connectivity index (χ4n) is 2.09. The number of carbonyl (C=O) groups is 1. The smallest absolute Gasteiger partial charge is 0.287 e. The van der Waals surface area contributed by atoms with E-state index >= 15 is 0 Å². The molecule has 0 bridgehead atoms. The van der Waals surface area contributed by atoms with Gasteiger partial charge in [-0.05, 0) is 24.3 Å². The number of rotatable bonds is 5. The normalized spacial score (nSPS) is 10.2. The van der Waals surface area contributed by atoms with Gasteiger partial charge in [-0.15, -0.1) is 0 Å². The van der Waals surface area contributed by atoms with Crippen LogP contribution in [0.25, 0.3) is 0 Å². The van der Waals surface area contributed by atoms with Crippen molar-refractivity contribution in [2.24, 2.45) is 0 Å². The Balaban J connectivity index is 1.72. The lowest BCUT2D eigenvalue weighted by Crippen LogP contribution is -2.00. The quantitative estimate of drug-likeness (QED) is 0.403. The van der Waals surface area contributed by atoms with Crippen LogP contribution in [0.4, 0.5) is 5.69 Å². The van der Waals surface area contributed by atoms with E-state index in [0.29, 0.717) is 16.9 Å². The van der Waals surface area contributed by atoms with E-state index in [1.54, 1.807) is 36.4 Å². The summed E-state index contributed by atoms with van der Waals surface area (Å²) in [4.78, 5) is 26.2. The van der Waals surface area contributed by atoms with Crippen LogP contribution < -0.4 is 4.74 Å². The minimum absolute atomic E-state index is 0.0735. The van der Waals surface area contributed by atoms with Crippen LogP contribution in [0.15, 0.2) is 72.9 Å². The Morgan fingerprint density at radius 3 is 2.17 bits per heavy atom. The van der Waals surface area contributed by atoms with Crippen molar-refractivity contribution in [3.05, 3.63) is 94.2 Å². The lowest BCUT2D eigenvalue weighted by Gasteiger charge is -2.05. The number of benzene rings is 2. The number of ketones is 1. The number of ether oxygens (including phenoxy) is 1. The third-order valence-corrected chi connectivity index (χ3v) is 3.31. The molecule has 24 heavy (non-hydrogen) atoms. The second-order valence-electron chi connectivity index (χ2n) is 4.93. The Morgan fingerprint density at radius 1 is 0.917 bits per heavy atom. The largest absolute Gasteiger partial charge is 0.439 e. The summed E-state index contributed by atoms with van der Waals surface area (Å²) in [6.45, 7) is 0. The third-order valence-electron chi connectivity index (χ3n) is 3.31. The molecule has 0 amide bonds. The maximum absolute atomic E-state index is 12.3. The molecule has 3 rings (SSSR count). The van der Waals surface area contributed by atoms with Crippen LogP contribution in [0.5, 0.6) is 11.6 Å². The second-order valence-corrected chi connectivity index (χ2v) is 4.93. The van der Waals surface area contributed by atoms with Gasteiger partial charge in [0.1, 0.15) is 11.9 Å². The highest BCUT2D eigenvalue weighted by atomic mass is 16.6. The van der Waals surface area contributed by atoms with E-state index in [1.165, 1.54) is 12.1 Å². The number of nitro groups is 1. The predicted octanol–water partition coefficient (Wildman–Crippen LogP) is 4.01. The second kappa shape index (κ2) is 6.70. The summed E-state index contributed by atoms with van der Waals surface area (Å²) < 4.78 is 5.51. The number of aromatic nitrogens is 1. The molecule has 1 aromatic heterocycles. The third kappa shape index (κ3) is 3.44. The van der Waals surface area contributed by atoms with E-state index in [-0.39, 0.29) is 17.4 Å². The van der Waals surface area contributed by atoms with E-state index in [2.05, 4.69) is 4.98 Å². The molecule has 0 saturated carbocycles. The topological polar surface area (TPSA) is 82.3 Å². The van der Waals surface area contributed by atoms with E-state index in [0.717, 1.165) is 6.20 Å². The van der Waals surface area contributed by atoms with Gasteiger partial charge in [-0.3, -0.25) is 14.9 Å². The zero-order valence-electron chi connectivity index (χ0n) is 12.5. The van der Waals surface area contributed by atoms with Gasteiger partial charge in [0.05, 0.1) is 4.92 Å². The SMILES string of the molecule is O=C(c1ccccc1)c1ccc(Oc2ccc([N+](=O)[O-])cn2)cc1. The van der Waals surface area contributed by atoms with Gasteiger partial charge in [0.2, 0.25) is 5.88 Å². The van der Waals surface area contributed by atoms with Crippen LogP contribution in [0.3, 0.4) is 0 Å². The first-order valence-electron chi connectivity index (χ1n) is 7.11. The van der Waals surface area contributed by atoms with Crippen molar-refractivity contribution in [2.45, 2.75) is 0 Å². The number of carbonyl (C=O) groups excluding carboxylic acids is 1. The Hall–Kier alpha value is -3.54. The van der Waals surface area contributed by atoms with Crippen molar-refractivity contribution < 1.29 is 14.5 Å². The van der Waals surface area contributed by atoms with Gasteiger partial charge in [0.25, 0.3) is 5.69 Å². The minimum atomic E-state index is -0.527. The van der Waals surface area contributed by atoms with Crippen LogP contribution >= 0.6 is 0 Å². The molecule has 0 spiro atoms. The Morgan fingerprint density at radius 2 is 1.58 bits per heavy atom. The van der Waals surface area contributed by atoms with E-state index in [1.807, 2.05) is 18.2 Å². The molecule has 0 N–H and O–H groups in total. The van der Waals surface area contributed by atoms with E-state index < -0.39 is 4.92 Å². The minimum Gasteiger partial charge on any atom is -0.439 e. The first-order chi connectivity index (χ1) is 11.6. The maximum atomic E-state index is 12.3. The summed E-state index contributed by atoms with van der Waals surface area (Å²) in [5, 5.41) is 10.6. The number of hydrogen-bond acceptors (Lipinski definition) is 5. The molecule has 0 aliphatic carbocycles. The Bertz CT molecular complexity index is 860. The van der Waals surface area contributed by atoms with Crippen LogP contribution in [-0.2, 0) is 0 Å². The first-order valence-corrected chi connectivity index (χ1v) is 7.11. The summed E-state index contributed by atoms with van der Waals surface area (Å²) in [6.07, 6.45) is 1.13. The molecule has 0 saturated heterocycles. The van der Waals surface area contributed by atoms with Gasteiger partial charge in [-0.25, -0.2) is 4.98 Å². The zero-order valence-corrected chi connectivity index (χ0v) is 12.5. The molecule has 2 aromatic carbocycles. The summed E-state index contributed by atoms with van der Waals surface area (Å²) in [5.74, 6) is 0.652. The van der Waals surface area contributed by atoms with Gasteiger partial charge in [-0.1, -0.05) is 30.3 Å². The molecule has 0 fully saturated rings. The highest BCUT2D eigenvalue weighted by molar-refractivity contribution is 6.08. The van der Waals surface area contributed by atoms with Gasteiger partial charge >= 0.3 is 0 Å². The number of nitrogens with zero attached hydrogens (tertiary/aromatic N) is 2. The molecular weight excluding hydrogens is 308 g/mol. The molecule has 0 unspecified atom stereocenters. The maximum Gasteiger partial charge on any atom is 0.287 e. The average Bonchev–Trinajstić information content (AvgIpc) is 2.63. The summed E-state index contributed by atoms with van der Waals surface area (Å²) >= 11 is 0. The number of pyridine rings is 1. The summed E-state index contributed by atoms with van der Waals surface area (Å²) in [6, 6.07) is 18.4. The summed E-state index contributed by atoms with van der Waals surface area (Å²) in [5.41, 5.74) is 1.06. The van der Waals surface area contributed by atoms with Crippen molar-refractivity contribution in [2.75, 3.05) is 0 Å². The molecule has 0 atom stereocenters. The standard InChI is InChI=1S/C18H12N2O4/c21-18(13-4-2-1-3-5-13)14-6-9-16(10-7-14)24-17-11-8-15(12-19-17)20(22)23/h1-12H. The van der Waals surface area contributed by atoms with E-state index in [9.17, 15) is 14.9 Å². The average molecular weight is 320 g/mol. The van der Waals surface area contributed by atoms with Gasteiger partial charge < -0.3 is 4.74 Å². The molecule has 6 nitrogen and oxygen atoms in total. The van der Waals surface area contributed by atoms with Crippen LogP contribution in [0, 0.1) is 10.1 Å². The number of hydrogen-bond donors (Lipinski definition) is 0. The lowest BCUT2D eigenvalue weighted by molar-refractivity contribution is -0.385. The highest BCUT2D eigenvalue weighted by Gasteiger charge is 2.09. The van der Waals surface area contributed by atoms with Crippen molar-refractivity contribution in [3.63, 3.8) is 0 Å². The van der Waals surface area contributed by atoms with Crippen molar-refractivity contribution in [3.8, 4) is 11.6 Å². The Kier molecular flexibility index (Phi) is 4.29. The Labute approximate surface area is 137 Å². The first kappa shape index (κ1) is 15.4.